The number of halogens is 6. The zero-order valence-electron chi connectivity index (χ0n) is 18.1. The highest BCUT2D eigenvalue weighted by molar-refractivity contribution is 6.26. The number of pyridine rings is 2. The Bertz CT molecular complexity index is 1520. The maximum absolute atomic E-state index is 13.1. The average molecular weight is 522 g/mol. The minimum absolute atomic E-state index is 0.0244. The van der Waals surface area contributed by atoms with E-state index in [0.717, 1.165) is 22.1 Å². The Kier molecular flexibility index (Phi) is 5.49. The van der Waals surface area contributed by atoms with Crippen molar-refractivity contribution in [2.75, 3.05) is 16.3 Å². The zero-order valence-corrected chi connectivity index (χ0v) is 18.1. The number of rotatable bonds is 4. The van der Waals surface area contributed by atoms with Crippen LogP contribution in [0.5, 0.6) is 11.5 Å². The maximum atomic E-state index is 13.1. The highest BCUT2D eigenvalue weighted by atomic mass is 19.4. The lowest BCUT2D eigenvalue weighted by atomic mass is 10.2. The van der Waals surface area contributed by atoms with Crippen molar-refractivity contribution in [2.45, 2.75) is 12.4 Å². The summed E-state index contributed by atoms with van der Waals surface area (Å²) >= 11 is 0. The van der Waals surface area contributed by atoms with E-state index in [4.69, 9.17) is 4.74 Å². The molecule has 0 aliphatic carbocycles. The molecule has 0 atom stereocenters. The van der Waals surface area contributed by atoms with Crippen molar-refractivity contribution < 1.29 is 40.7 Å². The first kappa shape index (κ1) is 24.0. The molecule has 5 rings (SSSR count). The van der Waals surface area contributed by atoms with E-state index in [1.807, 2.05) is 5.10 Å². The van der Waals surface area contributed by atoms with Gasteiger partial charge in [-0.05, 0) is 36.4 Å². The molecule has 3 amide bonds. The first-order valence-electron chi connectivity index (χ1n) is 10.3. The predicted octanol–water partition coefficient (Wildman–Crippen LogP) is 5.16. The second kappa shape index (κ2) is 8.46. The van der Waals surface area contributed by atoms with Crippen molar-refractivity contribution in [3.05, 3.63) is 66.2 Å². The Morgan fingerprint density at radius 3 is 2.27 bits per heavy atom. The Labute approximate surface area is 202 Å². The third-order valence-electron chi connectivity index (χ3n) is 5.33. The standard InChI is InChI=1S/C22H12F6N6O3/c23-21(24,25)11-5-13(8-29-7-11)33-10-17(35)34(20(33)36)12-1-3-14(4-2-12)37-15-6-16-18(22(26,27)28)31-32-19(16)30-9-15/h1-9H,10H2,(H,30,31,32). The van der Waals surface area contributed by atoms with Gasteiger partial charge < -0.3 is 4.74 Å². The minimum Gasteiger partial charge on any atom is -0.456 e. The van der Waals surface area contributed by atoms with Gasteiger partial charge in [-0.2, -0.15) is 31.4 Å². The molecule has 1 aliphatic heterocycles. The Hall–Kier alpha value is -4.69. The van der Waals surface area contributed by atoms with Crippen LogP contribution in [0.15, 0.2) is 55.0 Å². The molecule has 190 valence electrons. The first-order valence-corrected chi connectivity index (χ1v) is 10.3. The van der Waals surface area contributed by atoms with Crippen LogP contribution < -0.4 is 14.5 Å². The van der Waals surface area contributed by atoms with E-state index in [1.165, 1.54) is 30.5 Å². The molecule has 4 aromatic rings. The van der Waals surface area contributed by atoms with E-state index in [9.17, 15) is 35.9 Å². The molecule has 37 heavy (non-hydrogen) atoms. The molecule has 3 aromatic heterocycles. The number of amides is 3. The number of nitrogens with zero attached hydrogens (tertiary/aromatic N) is 5. The molecule has 0 spiro atoms. The molecule has 4 heterocycles. The number of nitrogens with one attached hydrogen (secondary N) is 1. The van der Waals surface area contributed by atoms with Crippen LogP contribution in [0.2, 0.25) is 0 Å². The van der Waals surface area contributed by atoms with Gasteiger partial charge in [0.05, 0.1) is 34.7 Å². The molecule has 0 unspecified atom stereocenters. The second-order valence-corrected chi connectivity index (χ2v) is 7.76. The van der Waals surface area contributed by atoms with E-state index >= 15 is 0 Å². The number of urea groups is 1. The van der Waals surface area contributed by atoms with Crippen LogP contribution in [-0.4, -0.2) is 38.6 Å². The van der Waals surface area contributed by atoms with Crippen LogP contribution in [-0.2, 0) is 17.1 Å². The third kappa shape index (κ3) is 4.50. The van der Waals surface area contributed by atoms with Crippen LogP contribution in [0.25, 0.3) is 11.0 Å². The topological polar surface area (TPSA) is 104 Å². The van der Waals surface area contributed by atoms with Crippen LogP contribution in [0.4, 0.5) is 42.5 Å². The Morgan fingerprint density at radius 1 is 0.865 bits per heavy atom. The summed E-state index contributed by atoms with van der Waals surface area (Å²) in [4.78, 5) is 34.3. The molecular formula is C22H12F6N6O3. The summed E-state index contributed by atoms with van der Waals surface area (Å²) < 4.78 is 83.9. The van der Waals surface area contributed by atoms with Gasteiger partial charge in [0.2, 0.25) is 0 Å². The molecule has 0 saturated carbocycles. The highest BCUT2D eigenvalue weighted by Crippen LogP contribution is 2.36. The van der Waals surface area contributed by atoms with E-state index in [2.05, 4.69) is 15.1 Å². The Morgan fingerprint density at radius 2 is 1.59 bits per heavy atom. The number of hydrogen-bond acceptors (Lipinski definition) is 6. The van der Waals surface area contributed by atoms with Crippen molar-refractivity contribution in [1.82, 2.24) is 20.2 Å². The van der Waals surface area contributed by atoms with Crippen molar-refractivity contribution in [3.8, 4) is 11.5 Å². The number of benzene rings is 1. The molecule has 9 nitrogen and oxygen atoms in total. The number of hydrogen-bond donors (Lipinski definition) is 1. The van der Waals surface area contributed by atoms with Gasteiger partial charge >= 0.3 is 18.4 Å². The molecule has 0 bridgehead atoms. The number of H-pyrrole nitrogens is 1. The molecule has 1 aliphatic rings. The number of alkyl halides is 6. The molecule has 15 heteroatoms. The van der Waals surface area contributed by atoms with Gasteiger partial charge in [-0.1, -0.05) is 0 Å². The summed E-state index contributed by atoms with van der Waals surface area (Å²) in [5, 5.41) is 5.10. The number of aromatic amines is 1. The van der Waals surface area contributed by atoms with Crippen molar-refractivity contribution in [3.63, 3.8) is 0 Å². The number of carbonyl (C=O) groups is 2. The number of anilines is 2. The fraction of sp³-hybridized carbons (Fsp3) is 0.136. The first-order chi connectivity index (χ1) is 17.4. The number of aromatic nitrogens is 4. The number of ether oxygens (including phenoxy) is 1. The number of carbonyl (C=O) groups excluding carboxylic acids is 2. The fourth-order valence-electron chi connectivity index (χ4n) is 3.64. The maximum Gasteiger partial charge on any atom is 0.433 e. The average Bonchev–Trinajstić information content (AvgIpc) is 3.39. The molecular weight excluding hydrogens is 510 g/mol. The van der Waals surface area contributed by atoms with Gasteiger partial charge in [0.1, 0.15) is 23.7 Å². The molecule has 1 N–H and O–H groups in total. The molecule has 1 aromatic carbocycles. The molecule has 0 radical (unpaired) electrons. The summed E-state index contributed by atoms with van der Waals surface area (Å²) in [5.74, 6) is -0.561. The Balaban J connectivity index is 1.35. The van der Waals surface area contributed by atoms with Crippen LogP contribution in [0.3, 0.4) is 0 Å². The second-order valence-electron chi connectivity index (χ2n) is 7.76. The van der Waals surface area contributed by atoms with Gasteiger partial charge in [0.15, 0.2) is 5.65 Å². The lowest BCUT2D eigenvalue weighted by Crippen LogP contribution is -2.33. The minimum atomic E-state index is -4.68. The van der Waals surface area contributed by atoms with E-state index in [-0.39, 0.29) is 33.9 Å². The lowest BCUT2D eigenvalue weighted by molar-refractivity contribution is -0.140. The van der Waals surface area contributed by atoms with E-state index in [1.54, 1.807) is 0 Å². The van der Waals surface area contributed by atoms with Gasteiger partial charge in [-0.25, -0.2) is 14.7 Å². The lowest BCUT2D eigenvalue weighted by Gasteiger charge is -2.18. The summed E-state index contributed by atoms with van der Waals surface area (Å²) in [7, 11) is 0. The zero-order chi connectivity index (χ0) is 26.5. The third-order valence-corrected chi connectivity index (χ3v) is 5.33. The van der Waals surface area contributed by atoms with Crippen LogP contribution >= 0.6 is 0 Å². The predicted molar refractivity (Wildman–Crippen MR) is 115 cm³/mol. The monoisotopic (exact) mass is 522 g/mol. The summed E-state index contributed by atoms with van der Waals surface area (Å²) in [6.07, 6.45) is -6.55. The van der Waals surface area contributed by atoms with E-state index in [0.29, 0.717) is 12.3 Å². The van der Waals surface area contributed by atoms with Crippen molar-refractivity contribution in [1.29, 1.82) is 0 Å². The molecule has 1 saturated heterocycles. The van der Waals surface area contributed by atoms with Gasteiger partial charge in [-0.3, -0.25) is 19.8 Å². The molecule has 1 fully saturated rings. The van der Waals surface area contributed by atoms with Crippen molar-refractivity contribution in [2.24, 2.45) is 0 Å². The quantitative estimate of drug-likeness (QED) is 0.294. The summed E-state index contributed by atoms with van der Waals surface area (Å²) in [6.45, 7) is -0.502. The normalized spacial score (nSPS) is 14.6. The van der Waals surface area contributed by atoms with E-state index < -0.39 is 42.1 Å². The highest BCUT2D eigenvalue weighted by Gasteiger charge is 2.40. The fourth-order valence-corrected chi connectivity index (χ4v) is 3.64. The number of imide groups is 1. The van der Waals surface area contributed by atoms with Crippen LogP contribution in [0, 0.1) is 0 Å². The van der Waals surface area contributed by atoms with Gasteiger partial charge in [-0.15, -0.1) is 0 Å². The number of fused-ring (bicyclic) bond motifs is 1. The smallest absolute Gasteiger partial charge is 0.433 e. The van der Waals surface area contributed by atoms with Gasteiger partial charge in [0.25, 0.3) is 5.91 Å². The van der Waals surface area contributed by atoms with Crippen molar-refractivity contribution >= 4 is 34.3 Å². The summed E-state index contributed by atoms with van der Waals surface area (Å²) in [5.41, 5.74) is -2.40. The van der Waals surface area contributed by atoms with Gasteiger partial charge in [0, 0.05) is 6.20 Å². The van der Waals surface area contributed by atoms with Crippen LogP contribution in [0.1, 0.15) is 11.3 Å². The SMILES string of the molecule is O=C1CN(c2cncc(C(F)(F)F)c2)C(=O)N1c1ccc(Oc2cnc3n[nH]c(C(F)(F)F)c3c2)cc1. The largest absolute Gasteiger partial charge is 0.456 e. The summed E-state index contributed by atoms with van der Waals surface area (Å²) in [6, 6.07) is 6.33.